The highest BCUT2D eigenvalue weighted by molar-refractivity contribution is 6.00. The molecule has 0 saturated carbocycles. The molecule has 7 heteroatoms. The quantitative estimate of drug-likeness (QED) is 0.290. The molecule has 0 spiro atoms. The summed E-state index contributed by atoms with van der Waals surface area (Å²) < 4.78 is 11.3. The fourth-order valence-corrected chi connectivity index (χ4v) is 4.85. The number of nitrogens with zero attached hydrogens (tertiary/aromatic N) is 3. The third-order valence-electron chi connectivity index (χ3n) is 6.75. The van der Waals surface area contributed by atoms with E-state index in [0.29, 0.717) is 18.8 Å². The van der Waals surface area contributed by atoms with Crippen molar-refractivity contribution in [1.82, 2.24) is 20.1 Å². The van der Waals surface area contributed by atoms with Gasteiger partial charge in [-0.1, -0.05) is 48.5 Å². The zero-order chi connectivity index (χ0) is 25.9. The van der Waals surface area contributed by atoms with Crippen LogP contribution < -0.4 is 9.47 Å². The number of hydrogen-bond donors (Lipinski definition) is 1. The molecule has 2 aromatic heterocycles. The molecule has 6 rings (SSSR count). The largest absolute Gasteiger partial charge is 0.497 e. The van der Waals surface area contributed by atoms with Gasteiger partial charge in [-0.2, -0.15) is 5.10 Å². The molecule has 7 nitrogen and oxygen atoms in total. The van der Waals surface area contributed by atoms with E-state index < -0.39 is 0 Å². The minimum absolute atomic E-state index is 0.0921. The van der Waals surface area contributed by atoms with Crippen LogP contribution in [0.3, 0.4) is 0 Å². The Labute approximate surface area is 220 Å². The van der Waals surface area contributed by atoms with Crippen molar-refractivity contribution in [2.75, 3.05) is 7.11 Å². The lowest BCUT2D eigenvalue weighted by atomic mass is 9.96. The average molecular weight is 503 g/mol. The highest BCUT2D eigenvalue weighted by atomic mass is 16.5. The molecule has 1 N–H and O–H groups in total. The molecular formula is C31H26N4O3. The van der Waals surface area contributed by atoms with E-state index in [1.807, 2.05) is 95.9 Å². The molecule has 3 aromatic carbocycles. The van der Waals surface area contributed by atoms with E-state index in [4.69, 9.17) is 9.47 Å². The van der Waals surface area contributed by atoms with Crippen LogP contribution in [0.1, 0.15) is 38.8 Å². The maximum Gasteiger partial charge on any atom is 0.273 e. The predicted octanol–water partition coefficient (Wildman–Crippen LogP) is 5.80. The standard InChI is InChI=1S/C31H26N4O3/c1-37-25-13-9-23(10-14-25)28-27-29(34-33-28)31(36)35(19-22-8-5-17-32-18-22)30(27)24-11-15-26(16-12-24)38-20-21-6-3-2-4-7-21/h2-18,30H,19-20H2,1H3,(H,33,34). The van der Waals surface area contributed by atoms with E-state index in [0.717, 1.165) is 45.0 Å². The molecular weight excluding hydrogens is 476 g/mol. The lowest BCUT2D eigenvalue weighted by Gasteiger charge is -2.26. The number of rotatable bonds is 8. The number of carbonyl (C=O) groups is 1. The second-order valence-corrected chi connectivity index (χ2v) is 9.13. The summed E-state index contributed by atoms with van der Waals surface area (Å²) in [7, 11) is 1.64. The Morgan fingerprint density at radius 2 is 1.61 bits per heavy atom. The molecule has 0 bridgehead atoms. The van der Waals surface area contributed by atoms with Crippen LogP contribution in [0.2, 0.25) is 0 Å². The zero-order valence-corrected chi connectivity index (χ0v) is 20.9. The Morgan fingerprint density at radius 3 is 2.32 bits per heavy atom. The average Bonchev–Trinajstić information content (AvgIpc) is 3.52. The third kappa shape index (κ3) is 4.50. The second kappa shape index (κ2) is 10.2. The van der Waals surface area contributed by atoms with Crippen LogP contribution in [0.5, 0.6) is 11.5 Å². The summed E-state index contributed by atoms with van der Waals surface area (Å²) >= 11 is 0. The Hall–Kier alpha value is -4.91. The number of carbonyl (C=O) groups excluding carboxylic acids is 1. The summed E-state index contributed by atoms with van der Waals surface area (Å²) in [5.41, 5.74) is 6.07. The lowest BCUT2D eigenvalue weighted by molar-refractivity contribution is 0.0730. The van der Waals surface area contributed by atoms with Crippen molar-refractivity contribution in [1.29, 1.82) is 0 Å². The fraction of sp³-hybridized carbons (Fsp3) is 0.129. The molecule has 1 amide bonds. The summed E-state index contributed by atoms with van der Waals surface area (Å²) in [5, 5.41) is 7.58. The van der Waals surface area contributed by atoms with Crippen molar-refractivity contribution in [3.63, 3.8) is 0 Å². The molecule has 3 heterocycles. The van der Waals surface area contributed by atoms with Gasteiger partial charge in [0.05, 0.1) is 18.8 Å². The zero-order valence-electron chi connectivity index (χ0n) is 20.9. The number of aromatic nitrogens is 3. The van der Waals surface area contributed by atoms with E-state index in [1.54, 1.807) is 19.5 Å². The molecule has 1 atom stereocenters. The van der Waals surface area contributed by atoms with Gasteiger partial charge in [-0.05, 0) is 59.2 Å². The van der Waals surface area contributed by atoms with Crippen LogP contribution >= 0.6 is 0 Å². The molecule has 1 unspecified atom stereocenters. The first-order valence-corrected chi connectivity index (χ1v) is 12.4. The molecule has 0 fully saturated rings. The normalized spacial score (nSPS) is 14.4. The number of benzene rings is 3. The van der Waals surface area contributed by atoms with Crippen molar-refractivity contribution >= 4 is 5.91 Å². The molecule has 0 aliphatic carbocycles. The van der Waals surface area contributed by atoms with Gasteiger partial charge in [-0.3, -0.25) is 14.9 Å². The maximum absolute atomic E-state index is 13.6. The monoisotopic (exact) mass is 502 g/mol. The van der Waals surface area contributed by atoms with Crippen LogP contribution in [-0.4, -0.2) is 33.1 Å². The van der Waals surface area contributed by atoms with Crippen LogP contribution in [-0.2, 0) is 13.2 Å². The second-order valence-electron chi connectivity index (χ2n) is 9.13. The van der Waals surface area contributed by atoms with Gasteiger partial charge in [0, 0.05) is 30.1 Å². The number of hydrogen-bond acceptors (Lipinski definition) is 5. The topological polar surface area (TPSA) is 80.3 Å². The van der Waals surface area contributed by atoms with E-state index in [2.05, 4.69) is 15.2 Å². The molecule has 5 aromatic rings. The first kappa shape index (κ1) is 23.5. The SMILES string of the molecule is COc1ccc(-c2n[nH]c3c2C(c2ccc(OCc4ccccc4)cc2)N(Cc2cccnc2)C3=O)cc1. The van der Waals surface area contributed by atoms with Gasteiger partial charge in [-0.15, -0.1) is 0 Å². The Kier molecular flexibility index (Phi) is 6.32. The van der Waals surface area contributed by atoms with Gasteiger partial charge in [0.15, 0.2) is 0 Å². The number of methoxy groups -OCH3 is 1. The highest BCUT2D eigenvalue weighted by Gasteiger charge is 2.42. The van der Waals surface area contributed by atoms with Gasteiger partial charge in [0.2, 0.25) is 0 Å². The molecule has 188 valence electrons. The van der Waals surface area contributed by atoms with Crippen LogP contribution in [0.4, 0.5) is 0 Å². The molecule has 0 saturated heterocycles. The van der Waals surface area contributed by atoms with Gasteiger partial charge >= 0.3 is 0 Å². The van der Waals surface area contributed by atoms with E-state index in [1.165, 1.54) is 0 Å². The van der Waals surface area contributed by atoms with Crippen LogP contribution in [0.15, 0.2) is 103 Å². The van der Waals surface area contributed by atoms with Crippen molar-refractivity contribution in [3.05, 3.63) is 131 Å². The smallest absolute Gasteiger partial charge is 0.273 e. The summed E-state index contributed by atoms with van der Waals surface area (Å²) in [5.74, 6) is 1.44. The molecule has 0 radical (unpaired) electrons. The van der Waals surface area contributed by atoms with Crippen LogP contribution in [0.25, 0.3) is 11.3 Å². The molecule has 38 heavy (non-hydrogen) atoms. The minimum atomic E-state index is -0.322. The first-order chi connectivity index (χ1) is 18.7. The van der Waals surface area contributed by atoms with Crippen molar-refractivity contribution in [2.45, 2.75) is 19.2 Å². The van der Waals surface area contributed by atoms with Gasteiger partial charge in [0.25, 0.3) is 5.91 Å². The number of fused-ring (bicyclic) bond motifs is 1. The van der Waals surface area contributed by atoms with E-state index in [-0.39, 0.29) is 11.9 Å². The number of aromatic amines is 1. The Bertz CT molecular complexity index is 1530. The number of pyridine rings is 1. The lowest BCUT2D eigenvalue weighted by Crippen LogP contribution is -2.29. The summed E-state index contributed by atoms with van der Waals surface area (Å²) in [4.78, 5) is 19.8. The summed E-state index contributed by atoms with van der Waals surface area (Å²) in [6.45, 7) is 0.914. The Morgan fingerprint density at radius 1 is 0.868 bits per heavy atom. The van der Waals surface area contributed by atoms with Crippen LogP contribution in [0, 0.1) is 0 Å². The van der Waals surface area contributed by atoms with Gasteiger partial charge in [0.1, 0.15) is 23.8 Å². The van der Waals surface area contributed by atoms with E-state index >= 15 is 0 Å². The van der Waals surface area contributed by atoms with Gasteiger partial charge < -0.3 is 14.4 Å². The third-order valence-corrected chi connectivity index (χ3v) is 6.75. The highest BCUT2D eigenvalue weighted by Crippen LogP contribution is 2.44. The predicted molar refractivity (Wildman–Crippen MR) is 144 cm³/mol. The number of amides is 1. The van der Waals surface area contributed by atoms with Crippen molar-refractivity contribution in [3.8, 4) is 22.8 Å². The van der Waals surface area contributed by atoms with E-state index in [9.17, 15) is 4.79 Å². The fourth-order valence-electron chi connectivity index (χ4n) is 4.85. The number of nitrogens with one attached hydrogen (secondary N) is 1. The number of ether oxygens (including phenoxy) is 2. The van der Waals surface area contributed by atoms with Crippen molar-refractivity contribution in [2.24, 2.45) is 0 Å². The summed E-state index contributed by atoms with van der Waals surface area (Å²) in [6, 6.07) is 29.3. The maximum atomic E-state index is 13.6. The Balaban J connectivity index is 1.35. The first-order valence-electron chi connectivity index (χ1n) is 12.4. The minimum Gasteiger partial charge on any atom is -0.497 e. The summed E-state index contributed by atoms with van der Waals surface area (Å²) in [6.07, 6.45) is 3.52. The molecule has 1 aliphatic rings. The van der Waals surface area contributed by atoms with Gasteiger partial charge in [-0.25, -0.2) is 0 Å². The molecule has 1 aliphatic heterocycles. The number of H-pyrrole nitrogens is 1. The van der Waals surface area contributed by atoms with Crippen molar-refractivity contribution < 1.29 is 14.3 Å².